The van der Waals surface area contributed by atoms with E-state index in [1.807, 2.05) is 42.5 Å². The number of hydrogen-bond acceptors (Lipinski definition) is 4. The Labute approximate surface area is 120 Å². The Balaban J connectivity index is 1.88. The molecule has 100 valence electrons. The summed E-state index contributed by atoms with van der Waals surface area (Å²) < 4.78 is 0. The number of H-pyrrole nitrogens is 1. The zero-order chi connectivity index (χ0) is 13.9. The van der Waals surface area contributed by atoms with Crippen LogP contribution in [-0.4, -0.2) is 9.97 Å². The third-order valence-electron chi connectivity index (χ3n) is 2.95. The number of para-hydroxylation sites is 2. The van der Waals surface area contributed by atoms with Gasteiger partial charge in [0.25, 0.3) is 5.56 Å². The minimum absolute atomic E-state index is 0.104. The van der Waals surface area contributed by atoms with E-state index < -0.39 is 0 Å². The second-order valence-corrected chi connectivity index (χ2v) is 5.37. The summed E-state index contributed by atoms with van der Waals surface area (Å²) in [6.07, 6.45) is 0. The van der Waals surface area contributed by atoms with Crippen LogP contribution in [0.1, 0.15) is 5.82 Å². The summed E-state index contributed by atoms with van der Waals surface area (Å²) in [6, 6.07) is 15.0. The molecule has 20 heavy (non-hydrogen) atoms. The van der Waals surface area contributed by atoms with Crippen LogP contribution in [0.5, 0.6) is 0 Å². The van der Waals surface area contributed by atoms with E-state index in [-0.39, 0.29) is 5.56 Å². The van der Waals surface area contributed by atoms with Crippen molar-refractivity contribution in [3.63, 3.8) is 0 Å². The third-order valence-corrected chi connectivity index (χ3v) is 4.05. The van der Waals surface area contributed by atoms with Crippen LogP contribution in [0.4, 0.5) is 5.69 Å². The second-order valence-electron chi connectivity index (χ2n) is 4.36. The summed E-state index contributed by atoms with van der Waals surface area (Å²) >= 11 is 1.56. The van der Waals surface area contributed by atoms with Crippen LogP contribution in [0.3, 0.4) is 0 Å². The first-order valence-corrected chi connectivity index (χ1v) is 7.18. The molecule has 0 saturated carbocycles. The molecule has 5 heteroatoms. The van der Waals surface area contributed by atoms with Crippen molar-refractivity contribution < 1.29 is 0 Å². The van der Waals surface area contributed by atoms with Gasteiger partial charge < -0.3 is 10.7 Å². The molecule has 0 radical (unpaired) electrons. The number of aromatic nitrogens is 2. The van der Waals surface area contributed by atoms with Gasteiger partial charge in [0.05, 0.1) is 16.7 Å². The van der Waals surface area contributed by atoms with Gasteiger partial charge in [-0.2, -0.15) is 0 Å². The van der Waals surface area contributed by atoms with Crippen LogP contribution >= 0.6 is 11.8 Å². The van der Waals surface area contributed by atoms with Gasteiger partial charge in [0.15, 0.2) is 0 Å². The first-order valence-electron chi connectivity index (χ1n) is 6.19. The molecule has 1 aromatic heterocycles. The summed E-state index contributed by atoms with van der Waals surface area (Å²) in [5, 5.41) is 0.612. The molecule has 3 aromatic rings. The minimum Gasteiger partial charge on any atom is -0.398 e. The fourth-order valence-electron chi connectivity index (χ4n) is 1.96. The van der Waals surface area contributed by atoms with Gasteiger partial charge in [0.2, 0.25) is 0 Å². The van der Waals surface area contributed by atoms with E-state index in [2.05, 4.69) is 9.97 Å². The van der Waals surface area contributed by atoms with Gasteiger partial charge in [-0.05, 0) is 24.3 Å². The monoisotopic (exact) mass is 283 g/mol. The number of benzene rings is 2. The summed E-state index contributed by atoms with van der Waals surface area (Å²) in [7, 11) is 0. The average Bonchev–Trinajstić information content (AvgIpc) is 2.46. The molecule has 0 aliphatic rings. The number of fused-ring (bicyclic) bond motifs is 1. The first-order chi connectivity index (χ1) is 9.74. The van der Waals surface area contributed by atoms with Crippen molar-refractivity contribution >= 4 is 28.4 Å². The Bertz CT molecular complexity index is 813. The number of anilines is 1. The number of nitrogens with zero attached hydrogens (tertiary/aromatic N) is 1. The number of nitrogen functional groups attached to an aromatic ring is 1. The Hall–Kier alpha value is -2.27. The Morgan fingerprint density at radius 1 is 1.10 bits per heavy atom. The average molecular weight is 283 g/mol. The summed E-state index contributed by atoms with van der Waals surface area (Å²) in [4.78, 5) is 20.2. The summed E-state index contributed by atoms with van der Waals surface area (Å²) in [5.41, 5.74) is 7.24. The Morgan fingerprint density at radius 2 is 1.85 bits per heavy atom. The highest BCUT2D eigenvalue weighted by Crippen LogP contribution is 2.26. The lowest BCUT2D eigenvalue weighted by Crippen LogP contribution is -2.11. The molecule has 0 atom stereocenters. The highest BCUT2D eigenvalue weighted by atomic mass is 32.2. The molecule has 0 aliphatic carbocycles. The van der Waals surface area contributed by atoms with E-state index in [4.69, 9.17) is 5.73 Å². The van der Waals surface area contributed by atoms with Crippen molar-refractivity contribution in [1.29, 1.82) is 0 Å². The van der Waals surface area contributed by atoms with E-state index >= 15 is 0 Å². The lowest BCUT2D eigenvalue weighted by molar-refractivity contribution is 1.04. The largest absolute Gasteiger partial charge is 0.398 e. The van der Waals surface area contributed by atoms with Crippen molar-refractivity contribution in [2.24, 2.45) is 0 Å². The van der Waals surface area contributed by atoms with Crippen LogP contribution < -0.4 is 11.3 Å². The van der Waals surface area contributed by atoms with Crippen molar-refractivity contribution in [2.45, 2.75) is 10.6 Å². The smallest absolute Gasteiger partial charge is 0.258 e. The predicted molar refractivity (Wildman–Crippen MR) is 82.8 cm³/mol. The van der Waals surface area contributed by atoms with Crippen molar-refractivity contribution in [1.82, 2.24) is 9.97 Å². The number of nitrogens with one attached hydrogen (secondary N) is 1. The van der Waals surface area contributed by atoms with Gasteiger partial charge in [0, 0.05) is 10.6 Å². The number of thioether (sulfide) groups is 1. The number of hydrogen-bond donors (Lipinski definition) is 2. The molecule has 0 saturated heterocycles. The molecular formula is C15H13N3OS. The zero-order valence-electron chi connectivity index (χ0n) is 10.7. The molecule has 3 N–H and O–H groups in total. The van der Waals surface area contributed by atoms with Crippen molar-refractivity contribution in [2.75, 3.05) is 5.73 Å². The normalized spacial score (nSPS) is 10.8. The zero-order valence-corrected chi connectivity index (χ0v) is 11.5. The maximum Gasteiger partial charge on any atom is 0.258 e. The van der Waals surface area contributed by atoms with E-state index in [0.29, 0.717) is 22.5 Å². The molecule has 1 heterocycles. The lowest BCUT2D eigenvalue weighted by atomic mass is 10.2. The van der Waals surface area contributed by atoms with Crippen LogP contribution in [0.15, 0.2) is 58.2 Å². The maximum absolute atomic E-state index is 11.9. The van der Waals surface area contributed by atoms with E-state index in [9.17, 15) is 4.79 Å². The van der Waals surface area contributed by atoms with Crippen LogP contribution in [0.2, 0.25) is 0 Å². The molecule has 2 aromatic carbocycles. The fourth-order valence-corrected chi connectivity index (χ4v) is 2.80. The van der Waals surface area contributed by atoms with Crippen LogP contribution in [0.25, 0.3) is 10.9 Å². The lowest BCUT2D eigenvalue weighted by Gasteiger charge is -2.05. The van der Waals surface area contributed by atoms with Gasteiger partial charge in [-0.1, -0.05) is 24.3 Å². The molecule has 0 bridgehead atoms. The second kappa shape index (κ2) is 5.38. The standard InChI is InChI=1S/C15H13N3OS/c16-11-6-2-4-8-13(11)20-9-14-17-12-7-3-1-5-10(12)15(19)18-14/h1-8H,9,16H2,(H,17,18,19). The van der Waals surface area contributed by atoms with Gasteiger partial charge in [-0.25, -0.2) is 4.98 Å². The molecule has 0 aliphatic heterocycles. The highest BCUT2D eigenvalue weighted by Gasteiger charge is 2.05. The third kappa shape index (κ3) is 2.53. The number of rotatable bonds is 3. The molecule has 0 unspecified atom stereocenters. The molecule has 4 nitrogen and oxygen atoms in total. The van der Waals surface area contributed by atoms with Gasteiger partial charge in [-0.15, -0.1) is 11.8 Å². The Morgan fingerprint density at radius 3 is 2.70 bits per heavy atom. The SMILES string of the molecule is Nc1ccccc1SCc1nc2ccccc2c(=O)[nH]1. The van der Waals surface area contributed by atoms with Crippen LogP contribution in [0, 0.1) is 0 Å². The summed E-state index contributed by atoms with van der Waals surface area (Å²) in [5.74, 6) is 1.23. The van der Waals surface area contributed by atoms with E-state index in [0.717, 1.165) is 10.6 Å². The number of aromatic amines is 1. The van der Waals surface area contributed by atoms with E-state index in [1.165, 1.54) is 0 Å². The minimum atomic E-state index is -0.104. The predicted octanol–water partition coefficient (Wildman–Crippen LogP) is 2.80. The highest BCUT2D eigenvalue weighted by molar-refractivity contribution is 7.98. The number of nitrogens with two attached hydrogens (primary N) is 1. The van der Waals surface area contributed by atoms with Crippen molar-refractivity contribution in [3.05, 3.63) is 64.7 Å². The fraction of sp³-hybridized carbons (Fsp3) is 0.0667. The topological polar surface area (TPSA) is 71.8 Å². The molecule has 3 rings (SSSR count). The molecule has 0 spiro atoms. The van der Waals surface area contributed by atoms with Gasteiger partial charge in [0.1, 0.15) is 5.82 Å². The van der Waals surface area contributed by atoms with Gasteiger partial charge >= 0.3 is 0 Å². The Kier molecular flexibility index (Phi) is 3.43. The summed E-state index contributed by atoms with van der Waals surface area (Å²) in [6.45, 7) is 0. The molecule has 0 fully saturated rings. The maximum atomic E-state index is 11.9. The van der Waals surface area contributed by atoms with Gasteiger partial charge in [-0.3, -0.25) is 4.79 Å². The quantitative estimate of drug-likeness (QED) is 0.572. The van der Waals surface area contributed by atoms with Crippen LogP contribution in [-0.2, 0) is 5.75 Å². The van der Waals surface area contributed by atoms with E-state index in [1.54, 1.807) is 17.8 Å². The van der Waals surface area contributed by atoms with Crippen molar-refractivity contribution in [3.8, 4) is 0 Å². The first kappa shape index (κ1) is 12.7. The molecular weight excluding hydrogens is 270 g/mol. The molecule has 0 amide bonds.